The molecule has 2 heteroatoms. The number of carbonyl (C=O) groups is 1. The first kappa shape index (κ1) is 11.4. The third-order valence-corrected chi connectivity index (χ3v) is 3.54. The monoisotopic (exact) mass is 195 g/mol. The molecule has 0 radical (unpaired) electrons. The number of hydrogen-bond donors (Lipinski definition) is 1. The maximum absolute atomic E-state index is 11.1. The van der Waals surface area contributed by atoms with Crippen LogP contribution in [0, 0.1) is 10.8 Å². The van der Waals surface area contributed by atoms with E-state index in [-0.39, 0.29) is 10.8 Å². The molecule has 1 aliphatic rings. The van der Waals surface area contributed by atoms with Crippen LogP contribution in [0.5, 0.6) is 0 Å². The second-order valence-corrected chi connectivity index (χ2v) is 4.96. The lowest BCUT2D eigenvalue weighted by Gasteiger charge is -2.39. The molecule has 2 N–H and O–H groups in total. The lowest BCUT2D eigenvalue weighted by Crippen LogP contribution is -2.36. The third kappa shape index (κ3) is 1.90. The zero-order valence-corrected chi connectivity index (χ0v) is 9.47. The fourth-order valence-corrected chi connectivity index (χ4v) is 2.20. The van der Waals surface area contributed by atoms with Crippen molar-refractivity contribution in [3.05, 3.63) is 11.6 Å². The van der Waals surface area contributed by atoms with E-state index in [9.17, 15) is 4.79 Å². The molecule has 0 aromatic heterocycles. The summed E-state index contributed by atoms with van der Waals surface area (Å²) in [4.78, 5) is 11.1. The van der Waals surface area contributed by atoms with Crippen molar-refractivity contribution in [2.45, 2.75) is 40.0 Å². The standard InChI is InChI=1S/C12H21NO/c1-4-10-7-12(8-13,9-14)6-5-11(10,2)3/h7,9H,4-6,8,13H2,1-3H3. The molecule has 2 nitrogen and oxygen atoms in total. The predicted molar refractivity (Wildman–Crippen MR) is 58.9 cm³/mol. The van der Waals surface area contributed by atoms with Crippen molar-refractivity contribution >= 4 is 6.29 Å². The Balaban J connectivity index is 3.04. The summed E-state index contributed by atoms with van der Waals surface area (Å²) >= 11 is 0. The van der Waals surface area contributed by atoms with E-state index in [0.29, 0.717) is 6.54 Å². The second kappa shape index (κ2) is 3.85. The van der Waals surface area contributed by atoms with Gasteiger partial charge in [-0.05, 0) is 24.7 Å². The summed E-state index contributed by atoms with van der Waals surface area (Å²) < 4.78 is 0. The zero-order valence-electron chi connectivity index (χ0n) is 9.47. The van der Waals surface area contributed by atoms with Crippen molar-refractivity contribution in [3.8, 4) is 0 Å². The van der Waals surface area contributed by atoms with Gasteiger partial charge < -0.3 is 10.5 Å². The molecule has 80 valence electrons. The van der Waals surface area contributed by atoms with Gasteiger partial charge in [0.15, 0.2) is 0 Å². The molecule has 1 aliphatic carbocycles. The normalized spacial score (nSPS) is 31.0. The molecule has 0 aromatic carbocycles. The quantitative estimate of drug-likeness (QED) is 0.554. The molecule has 0 heterocycles. The van der Waals surface area contributed by atoms with E-state index in [4.69, 9.17) is 5.73 Å². The first-order valence-corrected chi connectivity index (χ1v) is 5.38. The first-order valence-electron chi connectivity index (χ1n) is 5.38. The number of rotatable bonds is 3. The Bertz CT molecular complexity index is 255. The van der Waals surface area contributed by atoms with Crippen molar-refractivity contribution in [2.24, 2.45) is 16.6 Å². The Kier molecular flexibility index (Phi) is 3.15. The first-order chi connectivity index (χ1) is 6.49. The van der Waals surface area contributed by atoms with Crippen LogP contribution in [0.2, 0.25) is 0 Å². The number of carbonyl (C=O) groups excluding carboxylic acids is 1. The van der Waals surface area contributed by atoms with E-state index in [2.05, 4.69) is 26.8 Å². The van der Waals surface area contributed by atoms with E-state index in [1.165, 1.54) is 5.57 Å². The summed E-state index contributed by atoms with van der Waals surface area (Å²) in [5, 5.41) is 0. The van der Waals surface area contributed by atoms with Gasteiger partial charge in [-0.1, -0.05) is 32.4 Å². The lowest BCUT2D eigenvalue weighted by atomic mass is 9.66. The van der Waals surface area contributed by atoms with Crippen LogP contribution in [0.1, 0.15) is 40.0 Å². The topological polar surface area (TPSA) is 43.1 Å². The molecule has 1 atom stereocenters. The van der Waals surface area contributed by atoms with Crippen molar-refractivity contribution < 1.29 is 4.79 Å². The van der Waals surface area contributed by atoms with Gasteiger partial charge in [0.2, 0.25) is 0 Å². The van der Waals surface area contributed by atoms with Crippen molar-refractivity contribution in [1.29, 1.82) is 0 Å². The summed E-state index contributed by atoms with van der Waals surface area (Å²) in [7, 11) is 0. The number of aldehydes is 1. The molecule has 0 bridgehead atoms. The van der Waals surface area contributed by atoms with Gasteiger partial charge in [0.1, 0.15) is 6.29 Å². The summed E-state index contributed by atoms with van der Waals surface area (Å²) in [6.07, 6.45) is 6.11. The van der Waals surface area contributed by atoms with Gasteiger partial charge in [-0.2, -0.15) is 0 Å². The Hall–Kier alpha value is -0.630. The number of allylic oxidation sites excluding steroid dienone is 1. The van der Waals surface area contributed by atoms with Crippen LogP contribution in [0.4, 0.5) is 0 Å². The highest BCUT2D eigenvalue weighted by Crippen LogP contribution is 2.44. The minimum Gasteiger partial charge on any atom is -0.329 e. The van der Waals surface area contributed by atoms with Gasteiger partial charge in [-0.15, -0.1) is 0 Å². The Morgan fingerprint density at radius 3 is 2.57 bits per heavy atom. The summed E-state index contributed by atoms with van der Waals surface area (Å²) in [6.45, 7) is 7.07. The van der Waals surface area contributed by atoms with Crippen LogP contribution < -0.4 is 5.73 Å². The molecule has 1 rings (SSSR count). The van der Waals surface area contributed by atoms with Crippen molar-refractivity contribution in [1.82, 2.24) is 0 Å². The average Bonchev–Trinajstić information content (AvgIpc) is 2.19. The fraction of sp³-hybridized carbons (Fsp3) is 0.750. The smallest absolute Gasteiger partial charge is 0.131 e. The fourth-order valence-electron chi connectivity index (χ4n) is 2.20. The molecule has 0 amide bonds. The summed E-state index contributed by atoms with van der Waals surface area (Å²) in [6, 6.07) is 0. The second-order valence-electron chi connectivity index (χ2n) is 4.96. The van der Waals surface area contributed by atoms with E-state index < -0.39 is 0 Å². The van der Waals surface area contributed by atoms with Gasteiger partial charge in [0, 0.05) is 6.54 Å². The van der Waals surface area contributed by atoms with Crippen molar-refractivity contribution in [2.75, 3.05) is 6.54 Å². The predicted octanol–water partition coefficient (Wildman–Crippen LogP) is 2.29. The number of nitrogens with two attached hydrogens (primary N) is 1. The summed E-state index contributed by atoms with van der Waals surface area (Å²) in [5.74, 6) is 0. The minimum atomic E-state index is -0.374. The molecular formula is C12H21NO. The molecule has 0 saturated carbocycles. The van der Waals surface area contributed by atoms with Gasteiger partial charge in [-0.25, -0.2) is 0 Å². The number of hydrogen-bond acceptors (Lipinski definition) is 2. The zero-order chi connectivity index (χ0) is 10.8. The van der Waals surface area contributed by atoms with Crippen molar-refractivity contribution in [3.63, 3.8) is 0 Å². The largest absolute Gasteiger partial charge is 0.329 e. The van der Waals surface area contributed by atoms with Crippen LogP contribution in [-0.2, 0) is 4.79 Å². The maximum Gasteiger partial charge on any atom is 0.131 e. The highest BCUT2D eigenvalue weighted by Gasteiger charge is 2.36. The van der Waals surface area contributed by atoms with Crippen LogP contribution >= 0.6 is 0 Å². The lowest BCUT2D eigenvalue weighted by molar-refractivity contribution is -0.114. The SMILES string of the molecule is CCC1=CC(C=O)(CN)CCC1(C)C. The molecule has 14 heavy (non-hydrogen) atoms. The molecule has 0 spiro atoms. The Morgan fingerprint density at radius 2 is 2.14 bits per heavy atom. The molecule has 0 aliphatic heterocycles. The van der Waals surface area contributed by atoms with Crippen LogP contribution in [0.15, 0.2) is 11.6 Å². The van der Waals surface area contributed by atoms with Gasteiger partial charge in [0.05, 0.1) is 5.41 Å². The van der Waals surface area contributed by atoms with E-state index in [1.54, 1.807) is 0 Å². The van der Waals surface area contributed by atoms with Gasteiger partial charge >= 0.3 is 0 Å². The molecule has 0 saturated heterocycles. The maximum atomic E-state index is 11.1. The van der Waals surface area contributed by atoms with Crippen LogP contribution in [0.3, 0.4) is 0 Å². The molecular weight excluding hydrogens is 174 g/mol. The Labute approximate surface area is 86.6 Å². The molecule has 0 aromatic rings. The van der Waals surface area contributed by atoms with E-state index >= 15 is 0 Å². The summed E-state index contributed by atoms with van der Waals surface area (Å²) in [5.41, 5.74) is 6.93. The van der Waals surface area contributed by atoms with Crippen LogP contribution in [0.25, 0.3) is 0 Å². The van der Waals surface area contributed by atoms with E-state index in [1.807, 2.05) is 0 Å². The molecule has 0 fully saturated rings. The highest BCUT2D eigenvalue weighted by molar-refractivity contribution is 5.64. The van der Waals surface area contributed by atoms with Gasteiger partial charge in [0.25, 0.3) is 0 Å². The van der Waals surface area contributed by atoms with E-state index in [0.717, 1.165) is 25.5 Å². The minimum absolute atomic E-state index is 0.246. The average molecular weight is 195 g/mol. The van der Waals surface area contributed by atoms with Crippen LogP contribution in [-0.4, -0.2) is 12.8 Å². The Morgan fingerprint density at radius 1 is 1.50 bits per heavy atom. The van der Waals surface area contributed by atoms with Gasteiger partial charge in [-0.3, -0.25) is 0 Å². The molecule has 1 unspecified atom stereocenters. The highest BCUT2D eigenvalue weighted by atomic mass is 16.1. The third-order valence-electron chi connectivity index (χ3n) is 3.54.